The van der Waals surface area contributed by atoms with E-state index in [0.29, 0.717) is 0 Å². The van der Waals surface area contributed by atoms with Crippen LogP contribution in [0.5, 0.6) is 0 Å². The van der Waals surface area contributed by atoms with Gasteiger partial charge in [-0.25, -0.2) is 0 Å². The van der Waals surface area contributed by atoms with E-state index in [-0.39, 0.29) is 20.3 Å². The summed E-state index contributed by atoms with van der Waals surface area (Å²) in [6, 6.07) is 9.49. The van der Waals surface area contributed by atoms with E-state index in [1.807, 2.05) is 30.3 Å². The van der Waals surface area contributed by atoms with Crippen molar-refractivity contribution in [3.05, 3.63) is 57.6 Å². The molecule has 17 heavy (non-hydrogen) atoms. The van der Waals surface area contributed by atoms with Crippen LogP contribution in [0.3, 0.4) is 0 Å². The van der Waals surface area contributed by atoms with Crippen molar-refractivity contribution < 1.29 is 0 Å². The molecular formula is C12H7BrN2OSe. The quantitative estimate of drug-likeness (QED) is 0.628. The van der Waals surface area contributed by atoms with Crippen LogP contribution >= 0.6 is 15.9 Å². The van der Waals surface area contributed by atoms with Crippen LogP contribution in [0, 0.1) is 0 Å². The minimum atomic E-state index is -0.0183. The van der Waals surface area contributed by atoms with Crippen molar-refractivity contribution in [2.45, 2.75) is 0 Å². The van der Waals surface area contributed by atoms with Crippen LogP contribution in [0.25, 0.3) is 15.3 Å². The fraction of sp³-hybridized carbons (Fsp3) is 0. The van der Waals surface area contributed by atoms with Gasteiger partial charge in [0.25, 0.3) is 0 Å². The Kier molecular flexibility index (Phi) is 2.74. The van der Waals surface area contributed by atoms with Crippen molar-refractivity contribution in [3.8, 4) is 5.69 Å². The van der Waals surface area contributed by atoms with Gasteiger partial charge in [-0.15, -0.1) is 0 Å². The molecule has 0 aliphatic carbocycles. The Labute approximate surface area is 112 Å². The van der Waals surface area contributed by atoms with Crippen molar-refractivity contribution in [1.82, 2.24) is 8.55 Å². The van der Waals surface area contributed by atoms with Crippen LogP contribution in [0.1, 0.15) is 0 Å². The Morgan fingerprint density at radius 2 is 2.12 bits per heavy atom. The van der Waals surface area contributed by atoms with Crippen molar-refractivity contribution in [2.75, 3.05) is 0 Å². The molecular weight excluding hydrogens is 347 g/mol. The number of nitrogens with zero attached hydrogens (tertiary/aromatic N) is 2. The van der Waals surface area contributed by atoms with E-state index in [0.717, 1.165) is 19.8 Å². The van der Waals surface area contributed by atoms with Crippen LogP contribution in [0.15, 0.2) is 52.0 Å². The molecule has 84 valence electrons. The maximum absolute atomic E-state index is 12.2. The van der Waals surface area contributed by atoms with Crippen LogP contribution < -0.4 is 5.56 Å². The molecule has 5 heteroatoms. The van der Waals surface area contributed by atoms with Crippen LogP contribution in [0.2, 0.25) is 0 Å². The first-order valence-electron chi connectivity index (χ1n) is 4.98. The number of halogens is 1. The molecule has 3 nitrogen and oxygen atoms in total. The fourth-order valence-corrected chi connectivity index (χ4v) is 4.47. The number of aromatic nitrogens is 2. The topological polar surface area (TPSA) is 34.9 Å². The van der Waals surface area contributed by atoms with Gasteiger partial charge in [-0.2, -0.15) is 0 Å². The molecule has 3 rings (SSSR count). The Bertz CT molecular complexity index is 733. The molecule has 0 aliphatic heterocycles. The zero-order valence-corrected chi connectivity index (χ0v) is 11.9. The van der Waals surface area contributed by atoms with Gasteiger partial charge >= 0.3 is 112 Å². The standard InChI is InChI=1S/C12H7BrN2OSe/c13-10-5-1-4-9-11(10)17-15(12(9)16)8-3-2-6-14-7-8/h1-7H. The summed E-state index contributed by atoms with van der Waals surface area (Å²) < 4.78 is 3.92. The third kappa shape index (κ3) is 1.80. The number of hydrogen-bond donors (Lipinski definition) is 0. The second-order valence-electron chi connectivity index (χ2n) is 3.52. The second-order valence-corrected chi connectivity index (χ2v) is 6.38. The van der Waals surface area contributed by atoms with Gasteiger partial charge < -0.3 is 0 Å². The molecule has 0 bridgehead atoms. The molecule has 0 N–H and O–H groups in total. The number of fused-ring (bicyclic) bond motifs is 1. The third-order valence-electron chi connectivity index (χ3n) is 2.44. The Hall–Kier alpha value is -1.16. The average Bonchev–Trinajstić information content (AvgIpc) is 2.70. The monoisotopic (exact) mass is 354 g/mol. The average molecular weight is 354 g/mol. The first-order chi connectivity index (χ1) is 8.27. The Morgan fingerprint density at radius 1 is 1.24 bits per heavy atom. The number of rotatable bonds is 1. The van der Waals surface area contributed by atoms with E-state index in [4.69, 9.17) is 0 Å². The van der Waals surface area contributed by atoms with Gasteiger partial charge in [0.15, 0.2) is 0 Å². The van der Waals surface area contributed by atoms with E-state index < -0.39 is 0 Å². The molecule has 2 aromatic heterocycles. The first kappa shape index (κ1) is 11.0. The van der Waals surface area contributed by atoms with Gasteiger partial charge in [0.2, 0.25) is 0 Å². The fourth-order valence-electron chi connectivity index (χ4n) is 1.66. The molecule has 0 amide bonds. The van der Waals surface area contributed by atoms with Gasteiger partial charge in [-0.05, 0) is 0 Å². The van der Waals surface area contributed by atoms with E-state index in [9.17, 15) is 4.79 Å². The van der Waals surface area contributed by atoms with Crippen molar-refractivity contribution in [3.63, 3.8) is 0 Å². The van der Waals surface area contributed by atoms with E-state index in [1.54, 1.807) is 16.0 Å². The molecule has 0 atom stereocenters. The summed E-state index contributed by atoms with van der Waals surface area (Å²) in [6.07, 6.45) is 3.43. The maximum atomic E-state index is 12.2. The zero-order valence-electron chi connectivity index (χ0n) is 8.63. The molecule has 0 radical (unpaired) electrons. The van der Waals surface area contributed by atoms with Gasteiger partial charge in [0, 0.05) is 0 Å². The van der Waals surface area contributed by atoms with Gasteiger partial charge in [0.1, 0.15) is 0 Å². The number of pyridine rings is 1. The minimum absolute atomic E-state index is 0.0183. The van der Waals surface area contributed by atoms with Gasteiger partial charge in [-0.3, -0.25) is 0 Å². The number of benzene rings is 1. The predicted molar refractivity (Wildman–Crippen MR) is 72.0 cm³/mol. The molecule has 1 aromatic carbocycles. The number of hydrogen-bond acceptors (Lipinski definition) is 2. The predicted octanol–water partition coefficient (Wildman–Crippen LogP) is 2.21. The molecule has 2 heterocycles. The summed E-state index contributed by atoms with van der Waals surface area (Å²) in [5, 5.41) is 0.795. The molecule has 0 fully saturated rings. The summed E-state index contributed by atoms with van der Waals surface area (Å²) in [5.41, 5.74) is 0.926. The third-order valence-corrected chi connectivity index (χ3v) is 6.18. The molecule has 0 spiro atoms. The van der Waals surface area contributed by atoms with Gasteiger partial charge in [0.05, 0.1) is 0 Å². The molecule has 0 saturated heterocycles. The first-order valence-corrected chi connectivity index (χ1v) is 7.40. The summed E-state index contributed by atoms with van der Waals surface area (Å²) in [5.74, 6) is 0. The Morgan fingerprint density at radius 3 is 2.82 bits per heavy atom. The van der Waals surface area contributed by atoms with Crippen LogP contribution in [0.4, 0.5) is 0 Å². The van der Waals surface area contributed by atoms with Crippen molar-refractivity contribution in [2.24, 2.45) is 0 Å². The molecule has 0 saturated carbocycles. The SMILES string of the molecule is O=c1c2cccc(Br)c2[se]n1-c1cccnc1. The molecule has 0 unspecified atom stereocenters. The van der Waals surface area contributed by atoms with E-state index in [2.05, 4.69) is 20.9 Å². The van der Waals surface area contributed by atoms with Crippen molar-refractivity contribution >= 4 is 40.3 Å². The van der Waals surface area contributed by atoms with Crippen LogP contribution in [-0.4, -0.2) is 23.3 Å². The zero-order chi connectivity index (χ0) is 11.8. The summed E-state index contributed by atoms with van der Waals surface area (Å²) in [4.78, 5) is 16.3. The van der Waals surface area contributed by atoms with Crippen LogP contribution in [-0.2, 0) is 0 Å². The van der Waals surface area contributed by atoms with E-state index >= 15 is 0 Å². The summed E-state index contributed by atoms with van der Waals surface area (Å²) >= 11 is 3.48. The Balaban J connectivity index is 2.37. The second kappa shape index (κ2) is 4.26. The summed E-state index contributed by atoms with van der Waals surface area (Å²) in [6.45, 7) is 0. The normalized spacial score (nSPS) is 10.9. The van der Waals surface area contributed by atoms with Gasteiger partial charge in [-0.1, -0.05) is 0 Å². The van der Waals surface area contributed by atoms with E-state index in [1.165, 1.54) is 0 Å². The molecule has 0 aliphatic rings. The summed E-state index contributed by atoms with van der Waals surface area (Å²) in [7, 11) is 0. The molecule has 3 aromatic rings. The van der Waals surface area contributed by atoms with Crippen molar-refractivity contribution in [1.29, 1.82) is 0 Å².